The monoisotopic (exact) mass is 345 g/mol. The predicted octanol–water partition coefficient (Wildman–Crippen LogP) is 5.47. The lowest BCUT2D eigenvalue weighted by Crippen LogP contribution is -2.45. The average molecular weight is 346 g/mol. The first-order valence-electron chi connectivity index (χ1n) is 9.17. The summed E-state index contributed by atoms with van der Waals surface area (Å²) in [6.07, 6.45) is 9.52. The minimum atomic E-state index is -2.43. The lowest BCUT2D eigenvalue weighted by molar-refractivity contribution is 0.0706. The van der Waals surface area contributed by atoms with Crippen molar-refractivity contribution in [3.05, 3.63) is 10.4 Å². The van der Waals surface area contributed by atoms with E-state index in [1.54, 1.807) is 0 Å². The van der Waals surface area contributed by atoms with Gasteiger partial charge in [0.25, 0.3) is 0 Å². The van der Waals surface area contributed by atoms with E-state index >= 15 is 0 Å². The molecule has 6 nitrogen and oxygen atoms in total. The highest BCUT2D eigenvalue weighted by Crippen LogP contribution is 2.20. The van der Waals surface area contributed by atoms with Gasteiger partial charge in [0.2, 0.25) is 0 Å². The quantitative estimate of drug-likeness (QED) is 0.115. The van der Waals surface area contributed by atoms with Gasteiger partial charge in [-0.2, -0.15) is 0 Å². The van der Waals surface area contributed by atoms with Crippen molar-refractivity contribution in [1.82, 2.24) is 0 Å². The molecule has 23 heavy (non-hydrogen) atoms. The van der Waals surface area contributed by atoms with E-state index in [1.165, 1.54) is 32.1 Å². The molecule has 0 aromatic carbocycles. The molecular weight excluding hydrogens is 310 g/mol. The first-order chi connectivity index (χ1) is 11.2. The molecule has 0 spiro atoms. The van der Waals surface area contributed by atoms with Crippen LogP contribution in [0.3, 0.4) is 0 Å². The van der Waals surface area contributed by atoms with E-state index in [0.29, 0.717) is 26.4 Å². The maximum atomic E-state index is 8.18. The third-order valence-corrected chi connectivity index (χ3v) is 6.80. The molecule has 0 saturated carbocycles. The Morgan fingerprint density at radius 1 is 0.739 bits per heavy atom. The Labute approximate surface area is 142 Å². The van der Waals surface area contributed by atoms with Gasteiger partial charge in [-0.15, -0.1) is 0 Å². The Hall–Kier alpha value is -0.593. The van der Waals surface area contributed by atoms with Gasteiger partial charge >= 0.3 is 8.80 Å². The van der Waals surface area contributed by atoms with Crippen molar-refractivity contribution in [2.75, 3.05) is 26.4 Å². The molecule has 0 aliphatic carbocycles. The van der Waals surface area contributed by atoms with Gasteiger partial charge in [0, 0.05) is 37.3 Å². The molecule has 0 fully saturated rings. The lowest BCUT2D eigenvalue weighted by atomic mass is 10.1. The molecule has 0 atom stereocenters. The molecule has 0 aromatic heterocycles. The second-order valence-electron chi connectivity index (χ2n) is 5.51. The summed E-state index contributed by atoms with van der Waals surface area (Å²) >= 11 is 0. The molecule has 0 bridgehead atoms. The molecule has 0 N–H and O–H groups in total. The Morgan fingerprint density at radius 3 is 1.61 bits per heavy atom. The molecule has 136 valence electrons. The van der Waals surface area contributed by atoms with Gasteiger partial charge in [0.15, 0.2) is 0 Å². The van der Waals surface area contributed by atoms with Crippen molar-refractivity contribution >= 4 is 8.80 Å². The van der Waals surface area contributed by atoms with Crippen LogP contribution in [0.5, 0.6) is 0 Å². The fourth-order valence-corrected chi connectivity index (χ4v) is 5.32. The van der Waals surface area contributed by atoms with Crippen LogP contribution in [-0.4, -0.2) is 35.2 Å². The van der Waals surface area contributed by atoms with Crippen LogP contribution in [0.2, 0.25) is 6.04 Å². The van der Waals surface area contributed by atoms with Crippen molar-refractivity contribution in [1.29, 1.82) is 0 Å². The summed E-state index contributed by atoms with van der Waals surface area (Å²) in [5.74, 6) is 0. The normalized spacial score (nSPS) is 11.4. The van der Waals surface area contributed by atoms with Crippen molar-refractivity contribution in [3.8, 4) is 0 Å². The third-order valence-electron chi connectivity index (χ3n) is 3.65. The fraction of sp³-hybridized carbons (Fsp3) is 1.00. The van der Waals surface area contributed by atoms with Crippen LogP contribution < -0.4 is 0 Å². The number of rotatable bonds is 17. The standard InChI is InChI=1S/C16H35N3O3Si/c1-4-20-23(21-5-2,22-6-3)16-14-12-10-8-7-9-11-13-15-18-19-17/h4-16H2,1-3H3. The van der Waals surface area contributed by atoms with Crippen molar-refractivity contribution in [2.24, 2.45) is 5.11 Å². The maximum absolute atomic E-state index is 8.18. The molecule has 0 heterocycles. The topological polar surface area (TPSA) is 76.5 Å². The summed E-state index contributed by atoms with van der Waals surface area (Å²) in [4.78, 5) is 2.76. The van der Waals surface area contributed by atoms with E-state index in [1.807, 2.05) is 20.8 Å². The Kier molecular flexibility index (Phi) is 15.9. The van der Waals surface area contributed by atoms with E-state index in [4.69, 9.17) is 18.8 Å². The Bertz CT molecular complexity index is 296. The van der Waals surface area contributed by atoms with Gasteiger partial charge in [0.05, 0.1) is 0 Å². The number of hydrogen-bond acceptors (Lipinski definition) is 4. The van der Waals surface area contributed by atoms with Gasteiger partial charge in [-0.1, -0.05) is 43.6 Å². The lowest BCUT2D eigenvalue weighted by Gasteiger charge is -2.28. The van der Waals surface area contributed by atoms with Crippen molar-refractivity contribution in [2.45, 2.75) is 78.2 Å². The van der Waals surface area contributed by atoms with Gasteiger partial charge in [-0.3, -0.25) is 0 Å². The fourth-order valence-electron chi connectivity index (χ4n) is 2.63. The predicted molar refractivity (Wildman–Crippen MR) is 96.4 cm³/mol. The molecule has 0 saturated heterocycles. The van der Waals surface area contributed by atoms with E-state index in [-0.39, 0.29) is 0 Å². The summed E-state index contributed by atoms with van der Waals surface area (Å²) in [6.45, 7) is 8.60. The molecule has 0 rings (SSSR count). The van der Waals surface area contributed by atoms with Crippen LogP contribution in [0.1, 0.15) is 72.1 Å². The SMILES string of the molecule is CCO[Si](CCCCCCCCCCN=[N+]=[N-])(OCC)OCC. The molecule has 0 aliphatic rings. The van der Waals surface area contributed by atoms with E-state index in [9.17, 15) is 0 Å². The number of hydrogen-bond donors (Lipinski definition) is 0. The molecule has 0 radical (unpaired) electrons. The van der Waals surface area contributed by atoms with Crippen LogP contribution in [-0.2, 0) is 13.3 Å². The highest BCUT2D eigenvalue weighted by atomic mass is 28.4. The number of nitrogens with zero attached hydrogens (tertiary/aromatic N) is 3. The van der Waals surface area contributed by atoms with E-state index in [2.05, 4.69) is 10.0 Å². The first-order valence-corrected chi connectivity index (χ1v) is 11.1. The van der Waals surface area contributed by atoms with Crippen LogP contribution in [0.4, 0.5) is 0 Å². The zero-order valence-corrected chi connectivity index (χ0v) is 16.3. The number of unbranched alkanes of at least 4 members (excludes halogenated alkanes) is 7. The van der Waals surface area contributed by atoms with Crippen LogP contribution in [0.15, 0.2) is 5.11 Å². The van der Waals surface area contributed by atoms with E-state index in [0.717, 1.165) is 25.3 Å². The van der Waals surface area contributed by atoms with Crippen LogP contribution in [0, 0.1) is 0 Å². The average Bonchev–Trinajstić information content (AvgIpc) is 2.53. The molecule has 0 unspecified atom stereocenters. The number of azide groups is 1. The molecule has 0 amide bonds. The molecule has 7 heteroatoms. The summed E-state index contributed by atoms with van der Waals surface area (Å²) in [5.41, 5.74) is 8.18. The van der Waals surface area contributed by atoms with Crippen LogP contribution >= 0.6 is 0 Å². The largest absolute Gasteiger partial charge is 0.500 e. The highest BCUT2D eigenvalue weighted by molar-refractivity contribution is 6.60. The molecule has 0 aromatic rings. The van der Waals surface area contributed by atoms with Gasteiger partial charge in [0.1, 0.15) is 0 Å². The summed E-state index contributed by atoms with van der Waals surface area (Å²) in [6, 6.07) is 0.925. The summed E-state index contributed by atoms with van der Waals surface area (Å²) in [7, 11) is -2.43. The second kappa shape index (κ2) is 16.3. The third kappa shape index (κ3) is 12.5. The smallest absolute Gasteiger partial charge is 0.374 e. The minimum absolute atomic E-state index is 0.634. The maximum Gasteiger partial charge on any atom is 0.500 e. The highest BCUT2D eigenvalue weighted by Gasteiger charge is 2.39. The first kappa shape index (κ1) is 22.4. The van der Waals surface area contributed by atoms with Crippen molar-refractivity contribution in [3.63, 3.8) is 0 Å². The second-order valence-corrected chi connectivity index (χ2v) is 8.25. The van der Waals surface area contributed by atoms with Crippen LogP contribution in [0.25, 0.3) is 10.4 Å². The summed E-state index contributed by atoms with van der Waals surface area (Å²) < 4.78 is 17.6. The Morgan fingerprint density at radius 2 is 1.17 bits per heavy atom. The minimum Gasteiger partial charge on any atom is -0.374 e. The van der Waals surface area contributed by atoms with Crippen molar-refractivity contribution < 1.29 is 13.3 Å². The zero-order valence-electron chi connectivity index (χ0n) is 15.3. The van der Waals surface area contributed by atoms with Gasteiger partial charge < -0.3 is 13.3 Å². The van der Waals surface area contributed by atoms with E-state index < -0.39 is 8.80 Å². The zero-order chi connectivity index (χ0) is 17.2. The molecular formula is C16H35N3O3Si. The summed E-state index contributed by atoms with van der Waals surface area (Å²) in [5, 5.41) is 3.55. The molecule has 0 aliphatic heterocycles. The Balaban J connectivity index is 3.70. The van der Waals surface area contributed by atoms with Gasteiger partial charge in [-0.05, 0) is 39.1 Å². The van der Waals surface area contributed by atoms with Gasteiger partial charge in [-0.25, -0.2) is 0 Å².